The van der Waals surface area contributed by atoms with Crippen molar-refractivity contribution < 1.29 is 42.9 Å². The first kappa shape index (κ1) is 24.1. The third-order valence-corrected chi connectivity index (χ3v) is 4.34. The topological polar surface area (TPSA) is 126 Å². The molecule has 5 atom stereocenters. The number of nitrogens with one attached hydrogen (secondary N) is 1. The van der Waals surface area contributed by atoms with Gasteiger partial charge in [-0.25, -0.2) is 0 Å². The highest BCUT2D eigenvalue weighted by Crippen LogP contribution is 2.29. The maximum Gasteiger partial charge on any atom is 0.303 e. The summed E-state index contributed by atoms with van der Waals surface area (Å²) in [6, 6.07) is 6.06. The van der Waals surface area contributed by atoms with Gasteiger partial charge in [-0.2, -0.15) is 0 Å². The molecule has 31 heavy (non-hydrogen) atoms. The van der Waals surface area contributed by atoms with E-state index in [0.29, 0.717) is 5.75 Å². The summed E-state index contributed by atoms with van der Waals surface area (Å²) in [5.74, 6) is -1.92. The fourth-order valence-electron chi connectivity index (χ4n) is 3.14. The molecular weight excluding hydrogens is 410 g/mol. The summed E-state index contributed by atoms with van der Waals surface area (Å²) in [7, 11) is 0. The fourth-order valence-corrected chi connectivity index (χ4v) is 3.14. The SMILES string of the molecule is CC(=O)N[C@@H]1[C@@H](Oc2ccc(C)cc2)O[C@@H](COC(C)=O)[C@H](OC(C)=O)[C@H]1OC(C)=O. The van der Waals surface area contributed by atoms with Crippen molar-refractivity contribution in [2.45, 2.75) is 65.3 Å². The minimum atomic E-state index is -1.16. The molecule has 1 saturated heterocycles. The molecule has 10 nitrogen and oxygen atoms in total. The van der Waals surface area contributed by atoms with Crippen LogP contribution in [0.15, 0.2) is 24.3 Å². The van der Waals surface area contributed by atoms with Crippen molar-refractivity contribution in [3.05, 3.63) is 29.8 Å². The number of aryl methyl sites for hydroxylation is 1. The van der Waals surface area contributed by atoms with E-state index in [2.05, 4.69) is 5.32 Å². The number of amides is 1. The molecular formula is C21H27NO9. The molecule has 1 fully saturated rings. The molecule has 170 valence electrons. The van der Waals surface area contributed by atoms with Crippen molar-refractivity contribution >= 4 is 23.8 Å². The van der Waals surface area contributed by atoms with Crippen LogP contribution in [0.25, 0.3) is 0 Å². The summed E-state index contributed by atoms with van der Waals surface area (Å²) in [5.41, 5.74) is 1.01. The lowest BCUT2D eigenvalue weighted by molar-refractivity contribution is -0.257. The molecule has 10 heteroatoms. The number of hydrogen-bond donors (Lipinski definition) is 1. The van der Waals surface area contributed by atoms with Gasteiger partial charge in [-0.15, -0.1) is 0 Å². The molecule has 0 aromatic heterocycles. The van der Waals surface area contributed by atoms with Crippen LogP contribution in [-0.4, -0.2) is 61.1 Å². The molecule has 1 aromatic carbocycles. The van der Waals surface area contributed by atoms with Gasteiger partial charge < -0.3 is 29.0 Å². The second-order valence-electron chi connectivity index (χ2n) is 7.15. The summed E-state index contributed by atoms with van der Waals surface area (Å²) in [6.45, 7) is 6.48. The number of rotatable bonds is 7. The quantitative estimate of drug-likeness (QED) is 0.491. The Labute approximate surface area is 180 Å². The first-order valence-corrected chi connectivity index (χ1v) is 9.70. The molecule has 0 saturated carbocycles. The van der Waals surface area contributed by atoms with Crippen molar-refractivity contribution in [2.75, 3.05) is 6.61 Å². The predicted octanol–water partition coefficient (Wildman–Crippen LogP) is 1.03. The summed E-state index contributed by atoms with van der Waals surface area (Å²) >= 11 is 0. The van der Waals surface area contributed by atoms with Crippen LogP contribution in [0.3, 0.4) is 0 Å². The van der Waals surface area contributed by atoms with Gasteiger partial charge in [0.05, 0.1) is 0 Å². The van der Waals surface area contributed by atoms with Crippen LogP contribution < -0.4 is 10.1 Å². The lowest BCUT2D eigenvalue weighted by Gasteiger charge is -2.44. The van der Waals surface area contributed by atoms with Gasteiger partial charge in [-0.1, -0.05) is 17.7 Å². The van der Waals surface area contributed by atoms with Crippen molar-refractivity contribution in [1.29, 1.82) is 0 Å². The van der Waals surface area contributed by atoms with E-state index in [4.69, 9.17) is 23.7 Å². The van der Waals surface area contributed by atoms with Gasteiger partial charge in [-0.3, -0.25) is 19.2 Å². The van der Waals surface area contributed by atoms with Crippen LogP contribution in [0, 0.1) is 6.92 Å². The Morgan fingerprint density at radius 1 is 0.903 bits per heavy atom. The van der Waals surface area contributed by atoms with Gasteiger partial charge in [0.15, 0.2) is 12.2 Å². The van der Waals surface area contributed by atoms with E-state index in [1.165, 1.54) is 27.7 Å². The Balaban J connectivity index is 2.43. The standard InChI is InChI=1S/C21H27NO9/c1-11-6-8-16(9-7-11)30-21-18(22-12(2)23)20(29-15(5)26)19(28-14(4)25)17(31-21)10-27-13(3)24/h6-9,17-21H,10H2,1-5H3,(H,22,23)/t17-,18-,19-,20-,21-/m0/s1. The van der Waals surface area contributed by atoms with Gasteiger partial charge in [0.2, 0.25) is 12.2 Å². The zero-order valence-corrected chi connectivity index (χ0v) is 18.1. The molecule has 1 amide bonds. The first-order valence-electron chi connectivity index (χ1n) is 9.70. The van der Waals surface area contributed by atoms with Crippen LogP contribution in [0.4, 0.5) is 0 Å². The van der Waals surface area contributed by atoms with Crippen LogP contribution >= 0.6 is 0 Å². The van der Waals surface area contributed by atoms with Gasteiger partial charge >= 0.3 is 17.9 Å². The average Bonchev–Trinajstić information content (AvgIpc) is 2.65. The molecule has 1 aromatic rings. The average molecular weight is 437 g/mol. The molecule has 1 aliphatic rings. The Morgan fingerprint density at radius 3 is 2.00 bits per heavy atom. The van der Waals surface area contributed by atoms with Crippen molar-refractivity contribution in [2.24, 2.45) is 0 Å². The summed E-state index contributed by atoms with van der Waals surface area (Å²) in [5, 5.41) is 2.64. The van der Waals surface area contributed by atoms with E-state index in [-0.39, 0.29) is 6.61 Å². The molecule has 0 radical (unpaired) electrons. The predicted molar refractivity (Wildman–Crippen MR) is 106 cm³/mol. The highest BCUT2D eigenvalue weighted by atomic mass is 16.7. The number of benzene rings is 1. The molecule has 2 rings (SSSR count). The maximum absolute atomic E-state index is 11.9. The van der Waals surface area contributed by atoms with Crippen molar-refractivity contribution in [3.8, 4) is 5.75 Å². The smallest absolute Gasteiger partial charge is 0.303 e. The fraction of sp³-hybridized carbons (Fsp3) is 0.524. The lowest BCUT2D eigenvalue weighted by Crippen LogP contribution is -2.67. The van der Waals surface area contributed by atoms with E-state index in [9.17, 15) is 19.2 Å². The highest BCUT2D eigenvalue weighted by Gasteiger charge is 2.51. The molecule has 0 spiro atoms. The van der Waals surface area contributed by atoms with Crippen molar-refractivity contribution in [3.63, 3.8) is 0 Å². The Hall–Kier alpha value is -3.14. The van der Waals surface area contributed by atoms with Crippen LogP contribution in [-0.2, 0) is 38.1 Å². The molecule has 0 aliphatic carbocycles. The second-order valence-corrected chi connectivity index (χ2v) is 7.15. The Bertz CT molecular complexity index is 808. The zero-order chi connectivity index (χ0) is 23.1. The van der Waals surface area contributed by atoms with Crippen LogP contribution in [0.1, 0.15) is 33.3 Å². The minimum absolute atomic E-state index is 0.286. The second kappa shape index (κ2) is 10.8. The van der Waals surface area contributed by atoms with Gasteiger partial charge in [0.25, 0.3) is 0 Å². The van der Waals surface area contributed by atoms with Crippen molar-refractivity contribution in [1.82, 2.24) is 5.32 Å². The Kier molecular flexibility index (Phi) is 8.38. The van der Waals surface area contributed by atoms with Crippen LogP contribution in [0.2, 0.25) is 0 Å². The zero-order valence-electron chi connectivity index (χ0n) is 18.1. The number of carbonyl (C=O) groups is 4. The number of carbonyl (C=O) groups excluding carboxylic acids is 4. The van der Waals surface area contributed by atoms with Gasteiger partial charge in [0.1, 0.15) is 24.5 Å². The summed E-state index contributed by atoms with van der Waals surface area (Å²) < 4.78 is 27.6. The van der Waals surface area contributed by atoms with E-state index in [1.807, 2.05) is 19.1 Å². The number of ether oxygens (including phenoxy) is 5. The lowest BCUT2D eigenvalue weighted by atomic mass is 9.96. The number of esters is 3. The third-order valence-electron chi connectivity index (χ3n) is 4.34. The summed E-state index contributed by atoms with van der Waals surface area (Å²) in [4.78, 5) is 46.7. The molecule has 1 N–H and O–H groups in total. The van der Waals surface area contributed by atoms with E-state index < -0.39 is 54.5 Å². The van der Waals surface area contributed by atoms with E-state index in [0.717, 1.165) is 5.56 Å². The minimum Gasteiger partial charge on any atom is -0.463 e. The Morgan fingerprint density at radius 2 is 1.48 bits per heavy atom. The van der Waals surface area contributed by atoms with E-state index >= 15 is 0 Å². The maximum atomic E-state index is 11.9. The summed E-state index contributed by atoms with van der Waals surface area (Å²) in [6.07, 6.45) is -4.47. The van der Waals surface area contributed by atoms with Gasteiger partial charge in [0, 0.05) is 27.7 Å². The normalized spacial score (nSPS) is 25.1. The largest absolute Gasteiger partial charge is 0.463 e. The highest BCUT2D eigenvalue weighted by molar-refractivity contribution is 5.73. The molecule has 0 bridgehead atoms. The van der Waals surface area contributed by atoms with Gasteiger partial charge in [-0.05, 0) is 19.1 Å². The molecule has 0 unspecified atom stereocenters. The monoisotopic (exact) mass is 437 g/mol. The third kappa shape index (κ3) is 7.25. The first-order chi connectivity index (χ1) is 14.6. The number of hydrogen-bond acceptors (Lipinski definition) is 9. The van der Waals surface area contributed by atoms with E-state index in [1.54, 1.807) is 12.1 Å². The molecule has 1 aliphatic heterocycles. The molecule has 1 heterocycles. The van der Waals surface area contributed by atoms with Crippen LogP contribution in [0.5, 0.6) is 5.75 Å².